The zero-order valence-electron chi connectivity index (χ0n) is 4.57. The van der Waals surface area contributed by atoms with E-state index in [2.05, 4.69) is 13.7 Å². The van der Waals surface area contributed by atoms with Gasteiger partial charge in [0.25, 0.3) is 0 Å². The van der Waals surface area contributed by atoms with Crippen LogP contribution in [0.1, 0.15) is 6.92 Å². The zero-order chi connectivity index (χ0) is 3.41. The van der Waals surface area contributed by atoms with E-state index in [9.17, 15) is 0 Å². The van der Waals surface area contributed by atoms with Crippen LogP contribution in [0.2, 0.25) is 6.32 Å². The Balaban J connectivity index is -0.0000000450. The van der Waals surface area contributed by atoms with Gasteiger partial charge in [0.15, 0.2) is 0 Å². The summed E-state index contributed by atoms with van der Waals surface area (Å²) in [5.74, 6) is 0. The van der Waals surface area contributed by atoms with Crippen molar-refractivity contribution < 1.29 is 51.4 Å². The maximum absolute atomic E-state index is 3.48. The minimum absolute atomic E-state index is 0. The van der Waals surface area contributed by atoms with Crippen molar-refractivity contribution >= 4 is 7.28 Å². The van der Waals surface area contributed by atoms with Crippen molar-refractivity contribution in [3.63, 3.8) is 0 Å². The molecule has 31 valence electrons. The van der Waals surface area contributed by atoms with Gasteiger partial charge in [0, 0.05) is 0 Å². The van der Waals surface area contributed by atoms with Gasteiger partial charge in [0.05, 0.1) is 0 Å². The predicted molar refractivity (Wildman–Crippen MR) is 26.9 cm³/mol. The van der Waals surface area contributed by atoms with E-state index in [0.29, 0.717) is 0 Å². The molecule has 0 amide bonds. The fraction of sp³-hybridized carbons (Fsp3) is 0.667. The van der Waals surface area contributed by atoms with Crippen LogP contribution in [0.3, 0.4) is 0 Å². The summed E-state index contributed by atoms with van der Waals surface area (Å²) in [6.07, 6.45) is 1.08. The van der Waals surface area contributed by atoms with E-state index >= 15 is 0 Å². The Morgan fingerprint density at radius 2 is 1.83 bits per heavy atom. The molecule has 0 aromatic carbocycles. The zero-order valence-corrected chi connectivity index (χ0v) is 7.69. The minimum Gasteiger partial charge on any atom is -0.693 e. The second-order valence-electron chi connectivity index (χ2n) is 0.697. The van der Waals surface area contributed by atoms with E-state index < -0.39 is 0 Å². The molecule has 0 spiro atoms. The van der Waals surface area contributed by atoms with Crippen molar-refractivity contribution in [2.75, 3.05) is 0 Å². The van der Waals surface area contributed by atoms with Crippen LogP contribution >= 0.6 is 0 Å². The third kappa shape index (κ3) is 17.4. The maximum atomic E-state index is 3.48. The molecule has 1 radical (unpaired) electrons. The molecule has 0 aromatic heterocycles. The van der Waals surface area contributed by atoms with Crippen molar-refractivity contribution in [2.24, 2.45) is 0 Å². The molecule has 0 saturated carbocycles. The summed E-state index contributed by atoms with van der Waals surface area (Å²) in [4.78, 5) is 0. The fourth-order valence-electron chi connectivity index (χ4n) is 0. The van der Waals surface area contributed by atoms with Gasteiger partial charge >= 0.3 is 51.4 Å². The molecule has 0 aromatic rings. The second-order valence-corrected chi connectivity index (χ2v) is 0.697. The SMILES string of the molecule is [CH2-][B]CC.[K+].[NH2-]. The molecule has 0 aliphatic heterocycles. The Bertz CT molecular complexity index is 12.8. The van der Waals surface area contributed by atoms with Gasteiger partial charge < -0.3 is 13.0 Å². The van der Waals surface area contributed by atoms with Crippen LogP contribution < -0.4 is 51.4 Å². The summed E-state index contributed by atoms with van der Waals surface area (Å²) >= 11 is 0. The summed E-state index contributed by atoms with van der Waals surface area (Å²) in [5.41, 5.74) is 0. The van der Waals surface area contributed by atoms with Gasteiger partial charge in [-0.25, -0.2) is 0 Å². The first-order chi connectivity index (χ1) is 1.91. The Morgan fingerprint density at radius 3 is 1.83 bits per heavy atom. The van der Waals surface area contributed by atoms with Crippen LogP contribution in [0, 0.1) is 6.82 Å². The van der Waals surface area contributed by atoms with E-state index in [1.165, 1.54) is 0 Å². The molecule has 2 N–H and O–H groups in total. The molecule has 3 heteroatoms. The van der Waals surface area contributed by atoms with Gasteiger partial charge in [-0.15, -0.1) is 6.32 Å². The molecule has 0 unspecified atom stereocenters. The molecule has 0 rings (SSSR count). The quantitative estimate of drug-likeness (QED) is 0.294. The van der Waals surface area contributed by atoms with Crippen LogP contribution in [0.25, 0.3) is 6.15 Å². The van der Waals surface area contributed by atoms with Gasteiger partial charge in [-0.05, 0) is 0 Å². The van der Waals surface area contributed by atoms with E-state index in [0.717, 1.165) is 6.32 Å². The summed E-state index contributed by atoms with van der Waals surface area (Å²) in [6, 6.07) is 0. The van der Waals surface area contributed by atoms with E-state index in [4.69, 9.17) is 0 Å². The van der Waals surface area contributed by atoms with Crippen molar-refractivity contribution in [3.8, 4) is 0 Å². The molecular formula is C3H9BKN-. The molecular weight excluding hydrogens is 100.0 g/mol. The molecule has 0 aliphatic rings. The standard InChI is InChI=1S/C3H7B.K.H2N/c1-3-4-2;;/h2-3H2,1H3;;1H2/q-1;+1;-1. The first kappa shape index (κ1) is 15.6. The number of nitrogens with two attached hydrogens (primary N) is 1. The average Bonchev–Trinajstić information content (AvgIpc) is 1.37. The van der Waals surface area contributed by atoms with Gasteiger partial charge in [-0.1, -0.05) is 14.2 Å². The maximum Gasteiger partial charge on any atom is 1.00 e. The van der Waals surface area contributed by atoms with Crippen LogP contribution in [0.5, 0.6) is 0 Å². The van der Waals surface area contributed by atoms with Crippen molar-refractivity contribution in [3.05, 3.63) is 13.0 Å². The minimum atomic E-state index is 0. The van der Waals surface area contributed by atoms with Gasteiger partial charge in [0.2, 0.25) is 0 Å². The summed E-state index contributed by atoms with van der Waals surface area (Å²) < 4.78 is 0. The Morgan fingerprint density at radius 1 is 1.67 bits per heavy atom. The number of hydrogen-bond donors (Lipinski definition) is 0. The topological polar surface area (TPSA) is 33.5 Å². The second kappa shape index (κ2) is 15.9. The van der Waals surface area contributed by atoms with Gasteiger partial charge in [0.1, 0.15) is 0 Å². The average molecular weight is 109 g/mol. The van der Waals surface area contributed by atoms with Gasteiger partial charge in [-0.3, -0.25) is 0 Å². The van der Waals surface area contributed by atoms with Gasteiger partial charge in [-0.2, -0.15) is 0 Å². The number of rotatable bonds is 1. The van der Waals surface area contributed by atoms with Crippen LogP contribution in [-0.2, 0) is 0 Å². The Hall–Kier alpha value is 1.66. The molecule has 0 saturated heterocycles. The van der Waals surface area contributed by atoms with E-state index in [1.54, 1.807) is 0 Å². The summed E-state index contributed by atoms with van der Waals surface area (Å²) in [6.45, 7) is 5.54. The first-order valence-electron chi connectivity index (χ1n) is 1.52. The smallest absolute Gasteiger partial charge is 0.693 e. The molecule has 0 heterocycles. The third-order valence-corrected chi connectivity index (χ3v) is 0.289. The molecule has 6 heavy (non-hydrogen) atoms. The monoisotopic (exact) mass is 109 g/mol. The Kier molecular flexibility index (Phi) is 41.5. The largest absolute Gasteiger partial charge is 1.00 e. The number of hydrogen-bond acceptors (Lipinski definition) is 0. The summed E-state index contributed by atoms with van der Waals surface area (Å²) in [7, 11) is 1.88. The Labute approximate surface area is 83.5 Å². The molecule has 0 atom stereocenters. The molecule has 0 aliphatic carbocycles. The van der Waals surface area contributed by atoms with E-state index in [-0.39, 0.29) is 57.5 Å². The first-order valence-corrected chi connectivity index (χ1v) is 1.52. The van der Waals surface area contributed by atoms with E-state index in [1.807, 2.05) is 7.28 Å². The third-order valence-electron chi connectivity index (χ3n) is 0.289. The predicted octanol–water partition coefficient (Wildman–Crippen LogP) is -1.36. The van der Waals surface area contributed by atoms with Crippen molar-refractivity contribution in [1.82, 2.24) is 0 Å². The van der Waals surface area contributed by atoms with Crippen LogP contribution in [0.15, 0.2) is 0 Å². The van der Waals surface area contributed by atoms with Crippen molar-refractivity contribution in [1.29, 1.82) is 0 Å². The van der Waals surface area contributed by atoms with Crippen LogP contribution in [0.4, 0.5) is 0 Å². The van der Waals surface area contributed by atoms with Crippen molar-refractivity contribution in [2.45, 2.75) is 13.2 Å². The molecule has 0 bridgehead atoms. The van der Waals surface area contributed by atoms with Crippen LogP contribution in [-0.4, -0.2) is 7.28 Å². The normalized spacial score (nSPS) is 4.33. The fourth-order valence-corrected chi connectivity index (χ4v) is 0. The molecule has 1 nitrogen and oxygen atoms in total. The molecule has 0 fully saturated rings. The summed E-state index contributed by atoms with van der Waals surface area (Å²) in [5, 5.41) is 0.